The van der Waals surface area contributed by atoms with Crippen molar-refractivity contribution in [3.05, 3.63) is 36.5 Å². The van der Waals surface area contributed by atoms with Crippen molar-refractivity contribution < 1.29 is 32.9 Å². The molecule has 0 saturated carbocycles. The highest BCUT2D eigenvalue weighted by Crippen LogP contribution is 2.38. The average Bonchev–Trinajstić information content (AvgIpc) is 3.15. The first-order valence-corrected chi connectivity index (χ1v) is 24.8. The fourth-order valence-corrected chi connectivity index (χ4v) is 7.42. The summed E-state index contributed by atoms with van der Waals surface area (Å²) in [4.78, 5) is 25.3. The number of rotatable bonds is 42. The molecule has 8 nitrogen and oxygen atoms in total. The van der Waals surface area contributed by atoms with Crippen molar-refractivity contribution in [1.29, 1.82) is 0 Å². The molecule has 0 radical (unpaired) electrons. The minimum absolute atomic E-state index is 0.00578. The van der Waals surface area contributed by atoms with Gasteiger partial charge in [0.1, 0.15) is 13.2 Å². The van der Waals surface area contributed by atoms with Crippen LogP contribution in [0.5, 0.6) is 0 Å². The van der Waals surface area contributed by atoms with Crippen molar-refractivity contribution in [3.63, 3.8) is 0 Å². The van der Waals surface area contributed by atoms with E-state index in [1.165, 1.54) is 116 Å². The molecule has 0 aromatic carbocycles. The Morgan fingerprint density at radius 1 is 0.643 bits per heavy atom. The molecule has 0 fully saturated rings. The minimum atomic E-state index is -4.57. The van der Waals surface area contributed by atoms with Gasteiger partial charge < -0.3 is 28.8 Å². The average molecular weight is 811 g/mol. The van der Waals surface area contributed by atoms with Gasteiger partial charge in [-0.05, 0) is 44.9 Å². The van der Waals surface area contributed by atoms with Crippen molar-refractivity contribution >= 4 is 13.7 Å². The Kier molecular flexibility index (Phi) is 38.3. The Hall–Kier alpha value is -1.28. The molecule has 56 heavy (non-hydrogen) atoms. The van der Waals surface area contributed by atoms with Crippen LogP contribution in [-0.2, 0) is 18.4 Å². The number of quaternary nitrogens is 1. The number of phosphoric ester groups is 1. The van der Waals surface area contributed by atoms with Crippen LogP contribution < -0.4 is 10.2 Å². The van der Waals surface area contributed by atoms with E-state index >= 15 is 0 Å². The number of hydrogen-bond acceptors (Lipinski definition) is 6. The van der Waals surface area contributed by atoms with E-state index in [-0.39, 0.29) is 19.1 Å². The molecule has 0 saturated heterocycles. The molecule has 0 bridgehead atoms. The number of carbonyl (C=O) groups is 1. The molecule has 0 spiro atoms. The molecule has 330 valence electrons. The predicted octanol–water partition coefficient (Wildman–Crippen LogP) is 12.5. The first-order valence-electron chi connectivity index (χ1n) is 23.3. The fraction of sp³-hybridized carbons (Fsp3) is 0.851. The van der Waals surface area contributed by atoms with Crippen LogP contribution >= 0.6 is 7.82 Å². The Bertz CT molecular complexity index is 1010. The second kappa shape index (κ2) is 39.2. The minimum Gasteiger partial charge on any atom is -0.756 e. The standard InChI is InChI=1S/C47H91N2O6P/c1-6-8-10-12-14-16-18-20-21-22-23-24-25-26-27-29-30-32-34-36-38-40-46(50)45(44-55-56(52,53)54-43-42-49(3,4)5)48-47(51)41-39-37-35-33-31-28-19-17-15-13-11-9-7-2/h9,11,15,17,28,31,45-46,50H,6-8,10,12-14,16,18-27,29-30,32-44H2,1-5H3,(H-,48,51,52,53)/b11-9-,17-15-,31-28-. The summed E-state index contributed by atoms with van der Waals surface area (Å²) in [5.41, 5.74) is 0. The van der Waals surface area contributed by atoms with Gasteiger partial charge in [-0.3, -0.25) is 9.36 Å². The van der Waals surface area contributed by atoms with Gasteiger partial charge in [-0.25, -0.2) is 0 Å². The zero-order valence-corrected chi connectivity index (χ0v) is 38.2. The van der Waals surface area contributed by atoms with E-state index in [9.17, 15) is 19.4 Å². The molecule has 0 rings (SSSR count). The van der Waals surface area contributed by atoms with Gasteiger partial charge >= 0.3 is 0 Å². The third kappa shape index (κ3) is 40.9. The molecule has 2 N–H and O–H groups in total. The van der Waals surface area contributed by atoms with Gasteiger partial charge in [0.15, 0.2) is 0 Å². The zero-order chi connectivity index (χ0) is 41.4. The summed E-state index contributed by atoms with van der Waals surface area (Å²) in [7, 11) is 1.28. The van der Waals surface area contributed by atoms with Crippen LogP contribution in [0.2, 0.25) is 0 Å². The number of allylic oxidation sites excluding steroid dienone is 6. The van der Waals surface area contributed by atoms with Crippen molar-refractivity contribution in [1.82, 2.24) is 5.32 Å². The van der Waals surface area contributed by atoms with Gasteiger partial charge in [-0.1, -0.05) is 192 Å². The van der Waals surface area contributed by atoms with Gasteiger partial charge in [0.25, 0.3) is 7.82 Å². The monoisotopic (exact) mass is 811 g/mol. The lowest BCUT2D eigenvalue weighted by atomic mass is 10.0. The largest absolute Gasteiger partial charge is 0.756 e. The maximum Gasteiger partial charge on any atom is 0.268 e. The van der Waals surface area contributed by atoms with E-state index in [1.54, 1.807) is 0 Å². The molecule has 0 aromatic heterocycles. The molecule has 0 aliphatic heterocycles. The second-order valence-corrected chi connectivity index (χ2v) is 18.5. The number of aliphatic hydroxyl groups excluding tert-OH is 1. The summed E-state index contributed by atoms with van der Waals surface area (Å²) in [6.07, 6.45) is 47.3. The lowest BCUT2D eigenvalue weighted by Crippen LogP contribution is -2.46. The maximum atomic E-state index is 12.8. The number of likely N-dealkylation sites (N-methyl/N-ethyl adjacent to an activating group) is 1. The Morgan fingerprint density at radius 3 is 1.57 bits per heavy atom. The van der Waals surface area contributed by atoms with Gasteiger partial charge in [-0.2, -0.15) is 0 Å². The maximum absolute atomic E-state index is 12.8. The molecule has 9 heteroatoms. The third-order valence-electron chi connectivity index (χ3n) is 10.4. The molecular formula is C47H91N2O6P. The number of nitrogens with zero attached hydrogens (tertiary/aromatic N) is 1. The summed E-state index contributed by atoms with van der Waals surface area (Å²) in [5, 5.41) is 13.9. The smallest absolute Gasteiger partial charge is 0.268 e. The molecule has 0 heterocycles. The summed E-state index contributed by atoms with van der Waals surface area (Å²) in [6.45, 7) is 4.58. The number of unbranched alkanes of at least 4 members (excludes halogenated alkanes) is 23. The van der Waals surface area contributed by atoms with Gasteiger partial charge in [-0.15, -0.1) is 0 Å². The molecule has 3 atom stereocenters. The first-order chi connectivity index (χ1) is 27.0. The van der Waals surface area contributed by atoms with Crippen molar-refractivity contribution in [2.45, 2.75) is 219 Å². The Morgan fingerprint density at radius 2 is 1.09 bits per heavy atom. The van der Waals surface area contributed by atoms with Crippen molar-refractivity contribution in [2.75, 3.05) is 40.9 Å². The highest BCUT2D eigenvalue weighted by molar-refractivity contribution is 7.45. The van der Waals surface area contributed by atoms with Gasteiger partial charge in [0, 0.05) is 6.42 Å². The quantitative estimate of drug-likeness (QED) is 0.0275. The number of nitrogens with one attached hydrogen (secondary N) is 1. The first kappa shape index (κ1) is 54.7. The topological polar surface area (TPSA) is 108 Å². The third-order valence-corrected chi connectivity index (χ3v) is 11.4. The SMILES string of the molecule is CC/C=C\C/C=C\C/C=C\CCCCCC(=O)NC(COP(=O)([O-])OCC[N+](C)(C)C)C(O)CCCCCCCCCCCCCCCCCCCCCCC. The van der Waals surface area contributed by atoms with E-state index in [2.05, 4.69) is 55.6 Å². The number of aliphatic hydroxyl groups is 1. The van der Waals surface area contributed by atoms with Gasteiger partial charge in [0.05, 0.1) is 39.9 Å². The number of carbonyl (C=O) groups excluding carboxylic acids is 1. The molecule has 1 amide bonds. The molecule has 0 aromatic rings. The molecule has 3 unspecified atom stereocenters. The zero-order valence-electron chi connectivity index (χ0n) is 37.3. The predicted molar refractivity (Wildman–Crippen MR) is 238 cm³/mol. The normalized spacial score (nSPS) is 14.6. The van der Waals surface area contributed by atoms with E-state index in [0.29, 0.717) is 23.9 Å². The van der Waals surface area contributed by atoms with Crippen LogP contribution in [0.3, 0.4) is 0 Å². The summed E-state index contributed by atoms with van der Waals surface area (Å²) >= 11 is 0. The highest BCUT2D eigenvalue weighted by Gasteiger charge is 2.24. The van der Waals surface area contributed by atoms with Crippen molar-refractivity contribution in [2.24, 2.45) is 0 Å². The highest BCUT2D eigenvalue weighted by atomic mass is 31.2. The van der Waals surface area contributed by atoms with E-state index < -0.39 is 20.0 Å². The Balaban J connectivity index is 4.30. The lowest BCUT2D eigenvalue weighted by molar-refractivity contribution is -0.870. The van der Waals surface area contributed by atoms with Crippen LogP contribution in [0.1, 0.15) is 206 Å². The van der Waals surface area contributed by atoms with Crippen molar-refractivity contribution in [3.8, 4) is 0 Å². The van der Waals surface area contributed by atoms with Crippen LogP contribution in [0.4, 0.5) is 0 Å². The van der Waals surface area contributed by atoms with E-state index in [4.69, 9.17) is 9.05 Å². The number of hydrogen-bond donors (Lipinski definition) is 2. The molecular weight excluding hydrogens is 719 g/mol. The summed E-state index contributed by atoms with van der Waals surface area (Å²) in [5.74, 6) is -0.194. The van der Waals surface area contributed by atoms with E-state index in [1.807, 2.05) is 21.1 Å². The Labute approximate surface area is 347 Å². The van der Waals surface area contributed by atoms with Crippen LogP contribution in [0.25, 0.3) is 0 Å². The van der Waals surface area contributed by atoms with E-state index in [0.717, 1.165) is 64.2 Å². The second-order valence-electron chi connectivity index (χ2n) is 17.1. The lowest BCUT2D eigenvalue weighted by Gasteiger charge is -2.30. The summed E-state index contributed by atoms with van der Waals surface area (Å²) < 4.78 is 23.3. The van der Waals surface area contributed by atoms with Crippen LogP contribution in [0.15, 0.2) is 36.5 Å². The molecule has 0 aliphatic carbocycles. The van der Waals surface area contributed by atoms with Gasteiger partial charge in [0.2, 0.25) is 5.91 Å². The molecule has 0 aliphatic rings. The number of phosphoric acid groups is 1. The number of amides is 1. The fourth-order valence-electron chi connectivity index (χ4n) is 6.70. The van der Waals surface area contributed by atoms with Crippen LogP contribution in [-0.4, -0.2) is 68.5 Å². The van der Waals surface area contributed by atoms with Crippen LogP contribution in [0, 0.1) is 0 Å². The summed E-state index contributed by atoms with van der Waals surface area (Å²) in [6, 6.07) is -0.815.